The molecule has 13 heavy (non-hydrogen) atoms. The van der Waals surface area contributed by atoms with Crippen LogP contribution < -0.4 is 0 Å². The normalized spacial score (nSPS) is 13.0. The van der Waals surface area contributed by atoms with Gasteiger partial charge >= 0.3 is 0 Å². The second kappa shape index (κ2) is 7.07. The lowest BCUT2D eigenvalue weighted by molar-refractivity contribution is 0.373. The highest BCUT2D eigenvalue weighted by Crippen LogP contribution is 2.12. The Bertz CT molecular complexity index is 152. The van der Waals surface area contributed by atoms with Gasteiger partial charge in [-0.15, -0.1) is 0 Å². The van der Waals surface area contributed by atoms with Crippen molar-refractivity contribution < 1.29 is 4.39 Å². The minimum Gasteiger partial charge on any atom is -0.303 e. The Balaban J connectivity index is 3.78. The largest absolute Gasteiger partial charge is 0.303 e. The highest BCUT2D eigenvalue weighted by Gasteiger charge is 2.03. The van der Waals surface area contributed by atoms with Crippen molar-refractivity contribution >= 4 is 0 Å². The molecule has 78 valence electrons. The van der Waals surface area contributed by atoms with E-state index in [0.29, 0.717) is 5.92 Å². The molecule has 0 saturated heterocycles. The summed E-state index contributed by atoms with van der Waals surface area (Å²) in [7, 11) is 2.01. The maximum absolute atomic E-state index is 12.4. The topological polar surface area (TPSA) is 3.24 Å². The highest BCUT2D eigenvalue weighted by atomic mass is 19.1. The van der Waals surface area contributed by atoms with Crippen molar-refractivity contribution in [1.29, 1.82) is 0 Å². The van der Waals surface area contributed by atoms with E-state index in [4.69, 9.17) is 0 Å². The molecule has 0 aromatic carbocycles. The van der Waals surface area contributed by atoms with Gasteiger partial charge in [0, 0.05) is 6.54 Å². The first-order valence-corrected chi connectivity index (χ1v) is 5.06. The molecule has 0 aromatic rings. The molecule has 0 rings (SSSR count). The third kappa shape index (κ3) is 6.76. The third-order valence-corrected chi connectivity index (χ3v) is 2.21. The van der Waals surface area contributed by atoms with Crippen LogP contribution in [0.3, 0.4) is 0 Å². The van der Waals surface area contributed by atoms with Crippen LogP contribution in [-0.4, -0.2) is 25.0 Å². The summed E-state index contributed by atoms with van der Waals surface area (Å²) in [5.74, 6) is 0.655. The summed E-state index contributed by atoms with van der Waals surface area (Å²) >= 11 is 0. The lowest BCUT2D eigenvalue weighted by Gasteiger charge is -2.16. The zero-order valence-electron chi connectivity index (χ0n) is 9.31. The zero-order valence-corrected chi connectivity index (χ0v) is 9.31. The second-order valence-electron chi connectivity index (χ2n) is 4.03. The molecule has 0 fully saturated rings. The third-order valence-electron chi connectivity index (χ3n) is 2.21. The van der Waals surface area contributed by atoms with E-state index in [0.717, 1.165) is 37.8 Å². The molecular formula is C11H22FN. The Labute approximate surface area is 81.6 Å². The fourth-order valence-electron chi connectivity index (χ4n) is 1.10. The molecule has 0 aliphatic carbocycles. The number of hydrogen-bond donors (Lipinski definition) is 0. The van der Waals surface area contributed by atoms with Crippen LogP contribution in [-0.2, 0) is 0 Å². The van der Waals surface area contributed by atoms with Crippen molar-refractivity contribution in [2.45, 2.75) is 33.6 Å². The van der Waals surface area contributed by atoms with Crippen LogP contribution in [0.25, 0.3) is 0 Å². The summed E-state index contributed by atoms with van der Waals surface area (Å²) in [5.41, 5.74) is 0.915. The van der Waals surface area contributed by atoms with Gasteiger partial charge in [-0.3, -0.25) is 0 Å². The fraction of sp³-hybridized carbons (Fsp3) is 0.818. The highest BCUT2D eigenvalue weighted by molar-refractivity contribution is 5.00. The molecule has 0 N–H and O–H groups in total. The molecular weight excluding hydrogens is 165 g/mol. The standard InChI is InChI=1S/C11H22FN/c1-5-13(4)9-11(8-12)7-6-10(2)3/h8,10H,5-7,9H2,1-4H3/b11-8+. The van der Waals surface area contributed by atoms with Gasteiger partial charge in [0.2, 0.25) is 0 Å². The van der Waals surface area contributed by atoms with Gasteiger partial charge in [0.15, 0.2) is 0 Å². The molecule has 0 bridgehead atoms. The average Bonchev–Trinajstić information content (AvgIpc) is 2.11. The summed E-state index contributed by atoms with van der Waals surface area (Å²) in [4.78, 5) is 2.12. The summed E-state index contributed by atoms with van der Waals surface area (Å²) in [5, 5.41) is 0. The van der Waals surface area contributed by atoms with E-state index in [-0.39, 0.29) is 0 Å². The number of halogens is 1. The van der Waals surface area contributed by atoms with E-state index >= 15 is 0 Å². The summed E-state index contributed by atoms with van der Waals surface area (Å²) in [6.07, 6.45) is 2.74. The predicted octanol–water partition coefficient (Wildman–Crippen LogP) is 3.23. The number of likely N-dealkylation sites (N-methyl/N-ethyl adjacent to an activating group) is 1. The first kappa shape index (κ1) is 12.6. The predicted molar refractivity (Wildman–Crippen MR) is 56.4 cm³/mol. The minimum atomic E-state index is 0.655. The Kier molecular flexibility index (Phi) is 6.87. The molecule has 0 unspecified atom stereocenters. The van der Waals surface area contributed by atoms with E-state index in [9.17, 15) is 4.39 Å². The summed E-state index contributed by atoms with van der Waals surface area (Å²) < 4.78 is 12.4. The number of hydrogen-bond acceptors (Lipinski definition) is 1. The van der Waals surface area contributed by atoms with Crippen molar-refractivity contribution in [2.24, 2.45) is 5.92 Å². The van der Waals surface area contributed by atoms with E-state index in [1.54, 1.807) is 0 Å². The van der Waals surface area contributed by atoms with Crippen molar-refractivity contribution in [3.63, 3.8) is 0 Å². The van der Waals surface area contributed by atoms with Gasteiger partial charge in [-0.2, -0.15) is 0 Å². The molecule has 0 amide bonds. The van der Waals surface area contributed by atoms with Crippen LogP contribution in [0.2, 0.25) is 0 Å². The molecule has 1 nitrogen and oxygen atoms in total. The lowest BCUT2D eigenvalue weighted by atomic mass is 10.0. The van der Waals surface area contributed by atoms with Crippen LogP contribution >= 0.6 is 0 Å². The molecule has 0 radical (unpaired) electrons. The number of nitrogens with zero attached hydrogens (tertiary/aromatic N) is 1. The Hall–Kier alpha value is -0.370. The van der Waals surface area contributed by atoms with Gasteiger partial charge in [-0.1, -0.05) is 20.8 Å². The Morgan fingerprint density at radius 3 is 2.46 bits per heavy atom. The Morgan fingerprint density at radius 1 is 1.46 bits per heavy atom. The maximum atomic E-state index is 12.4. The molecule has 0 atom stereocenters. The van der Waals surface area contributed by atoms with Crippen molar-refractivity contribution in [2.75, 3.05) is 20.1 Å². The molecule has 0 heterocycles. The summed E-state index contributed by atoms with van der Waals surface area (Å²) in [6, 6.07) is 0. The van der Waals surface area contributed by atoms with E-state index in [2.05, 4.69) is 25.7 Å². The zero-order chi connectivity index (χ0) is 10.3. The molecule has 2 heteroatoms. The fourth-order valence-corrected chi connectivity index (χ4v) is 1.10. The molecule has 0 aromatic heterocycles. The first-order valence-electron chi connectivity index (χ1n) is 5.06. The van der Waals surface area contributed by atoms with Crippen LogP contribution in [0, 0.1) is 5.92 Å². The second-order valence-corrected chi connectivity index (χ2v) is 4.03. The van der Waals surface area contributed by atoms with Crippen LogP contribution in [0.1, 0.15) is 33.6 Å². The first-order chi connectivity index (χ1) is 6.10. The van der Waals surface area contributed by atoms with E-state index < -0.39 is 0 Å². The van der Waals surface area contributed by atoms with Crippen LogP contribution in [0.4, 0.5) is 4.39 Å². The summed E-state index contributed by atoms with van der Waals surface area (Å²) in [6.45, 7) is 8.15. The van der Waals surface area contributed by atoms with Crippen molar-refractivity contribution in [3.05, 3.63) is 11.9 Å². The van der Waals surface area contributed by atoms with Crippen molar-refractivity contribution in [1.82, 2.24) is 4.90 Å². The van der Waals surface area contributed by atoms with Crippen LogP contribution in [0.5, 0.6) is 0 Å². The van der Waals surface area contributed by atoms with Crippen molar-refractivity contribution in [3.8, 4) is 0 Å². The van der Waals surface area contributed by atoms with Gasteiger partial charge in [-0.05, 0) is 37.9 Å². The molecule has 0 aliphatic rings. The average molecular weight is 187 g/mol. The van der Waals surface area contributed by atoms with Gasteiger partial charge in [0.05, 0.1) is 6.33 Å². The maximum Gasteiger partial charge on any atom is 0.0871 e. The van der Waals surface area contributed by atoms with Gasteiger partial charge < -0.3 is 4.90 Å². The molecule has 0 spiro atoms. The SMILES string of the molecule is CCN(C)C/C(=C/F)CCC(C)C. The van der Waals surface area contributed by atoms with Gasteiger partial charge in [0.1, 0.15) is 0 Å². The molecule has 0 aliphatic heterocycles. The van der Waals surface area contributed by atoms with E-state index in [1.165, 1.54) is 0 Å². The smallest absolute Gasteiger partial charge is 0.0871 e. The van der Waals surface area contributed by atoms with Gasteiger partial charge in [0.25, 0.3) is 0 Å². The van der Waals surface area contributed by atoms with Crippen LogP contribution in [0.15, 0.2) is 11.9 Å². The van der Waals surface area contributed by atoms with E-state index in [1.807, 2.05) is 7.05 Å². The van der Waals surface area contributed by atoms with Gasteiger partial charge in [-0.25, -0.2) is 4.39 Å². The monoisotopic (exact) mass is 187 g/mol. The quantitative estimate of drug-likeness (QED) is 0.617. The Morgan fingerprint density at radius 2 is 2.08 bits per heavy atom. The lowest BCUT2D eigenvalue weighted by Crippen LogP contribution is -2.20. The molecule has 0 saturated carbocycles. The number of rotatable bonds is 6. The minimum absolute atomic E-state index is 0.655.